The van der Waals surface area contributed by atoms with Crippen molar-refractivity contribution in [2.24, 2.45) is 10.9 Å². The van der Waals surface area contributed by atoms with Crippen LogP contribution in [0.25, 0.3) is 0 Å². The zero-order chi connectivity index (χ0) is 9.38. The zero-order valence-electron chi connectivity index (χ0n) is 7.90. The van der Waals surface area contributed by atoms with Crippen molar-refractivity contribution in [1.29, 1.82) is 0 Å². The average molecular weight is 184 g/mol. The molecule has 1 aliphatic carbocycles. The maximum absolute atomic E-state index is 4.47. The molecule has 1 N–H and O–H groups in total. The number of nitrogens with zero attached hydrogens (tertiary/aromatic N) is 1. The molecule has 0 saturated carbocycles. The lowest BCUT2D eigenvalue weighted by Gasteiger charge is -2.27. The predicted molar refractivity (Wildman–Crippen MR) is 58.0 cm³/mol. The molecule has 0 amide bonds. The van der Waals surface area contributed by atoms with E-state index in [-0.39, 0.29) is 0 Å². The average Bonchev–Trinajstić information content (AvgIpc) is 2.29. The van der Waals surface area contributed by atoms with E-state index in [1.165, 1.54) is 17.0 Å². The number of rotatable bonds is 0. The Morgan fingerprint density at radius 1 is 1.29 bits per heavy atom. The molecule has 14 heavy (non-hydrogen) atoms. The monoisotopic (exact) mass is 184 g/mol. The molecule has 0 aromatic rings. The maximum Gasteiger partial charge on any atom is 0.0712 e. The van der Waals surface area contributed by atoms with E-state index < -0.39 is 0 Å². The second kappa shape index (κ2) is 2.98. The molecule has 2 aliphatic heterocycles. The molecule has 3 rings (SSSR count). The first-order chi connectivity index (χ1) is 6.95. The van der Waals surface area contributed by atoms with E-state index in [0.717, 1.165) is 13.0 Å². The van der Waals surface area contributed by atoms with Crippen molar-refractivity contribution in [2.45, 2.75) is 6.42 Å². The van der Waals surface area contributed by atoms with Gasteiger partial charge in [-0.1, -0.05) is 30.4 Å². The van der Waals surface area contributed by atoms with Crippen molar-refractivity contribution in [3.05, 3.63) is 47.9 Å². The van der Waals surface area contributed by atoms with E-state index >= 15 is 0 Å². The van der Waals surface area contributed by atoms with Crippen LogP contribution in [0.3, 0.4) is 0 Å². The molecule has 0 radical (unpaired) electrons. The molecule has 2 nitrogen and oxygen atoms in total. The van der Waals surface area contributed by atoms with E-state index in [0.29, 0.717) is 5.92 Å². The van der Waals surface area contributed by atoms with E-state index in [1.807, 2.05) is 6.20 Å². The molecular formula is C12H12N2. The molecule has 2 heterocycles. The van der Waals surface area contributed by atoms with Gasteiger partial charge in [0, 0.05) is 18.7 Å². The van der Waals surface area contributed by atoms with Gasteiger partial charge in [-0.3, -0.25) is 4.99 Å². The fourth-order valence-corrected chi connectivity index (χ4v) is 2.10. The van der Waals surface area contributed by atoms with E-state index in [1.54, 1.807) is 0 Å². The Bertz CT molecular complexity index is 408. The van der Waals surface area contributed by atoms with E-state index in [2.05, 4.69) is 40.7 Å². The number of allylic oxidation sites excluding steroid dienone is 6. The van der Waals surface area contributed by atoms with Crippen molar-refractivity contribution in [3.8, 4) is 0 Å². The molecule has 1 unspecified atom stereocenters. The zero-order valence-corrected chi connectivity index (χ0v) is 7.90. The first-order valence-corrected chi connectivity index (χ1v) is 5.01. The molecule has 0 saturated heterocycles. The summed E-state index contributed by atoms with van der Waals surface area (Å²) in [6.07, 6.45) is 13.9. The molecular weight excluding hydrogens is 172 g/mol. The van der Waals surface area contributed by atoms with Crippen LogP contribution in [0.1, 0.15) is 6.42 Å². The molecule has 0 bridgehead atoms. The molecule has 1 atom stereocenters. The van der Waals surface area contributed by atoms with Crippen LogP contribution in [0.4, 0.5) is 0 Å². The molecule has 3 aliphatic rings. The van der Waals surface area contributed by atoms with Gasteiger partial charge < -0.3 is 5.32 Å². The minimum atomic E-state index is 0.484. The lowest BCUT2D eigenvalue weighted by Crippen LogP contribution is -2.31. The van der Waals surface area contributed by atoms with Crippen LogP contribution < -0.4 is 5.32 Å². The molecule has 0 spiro atoms. The topological polar surface area (TPSA) is 24.4 Å². The molecule has 2 heteroatoms. The van der Waals surface area contributed by atoms with Crippen molar-refractivity contribution in [1.82, 2.24) is 5.32 Å². The van der Waals surface area contributed by atoms with Crippen LogP contribution in [-0.2, 0) is 0 Å². The van der Waals surface area contributed by atoms with Crippen molar-refractivity contribution in [3.63, 3.8) is 0 Å². The third-order valence-corrected chi connectivity index (χ3v) is 2.81. The van der Waals surface area contributed by atoms with Gasteiger partial charge in [-0.25, -0.2) is 0 Å². The number of nitrogens with one attached hydrogen (secondary N) is 1. The van der Waals surface area contributed by atoms with Gasteiger partial charge in [0.15, 0.2) is 0 Å². The van der Waals surface area contributed by atoms with Crippen molar-refractivity contribution in [2.75, 3.05) is 6.54 Å². The highest BCUT2D eigenvalue weighted by Crippen LogP contribution is 2.27. The van der Waals surface area contributed by atoms with E-state index in [9.17, 15) is 0 Å². The number of aliphatic imine (C=N–C) groups is 1. The van der Waals surface area contributed by atoms with Gasteiger partial charge >= 0.3 is 0 Å². The number of dihydropyridines is 1. The highest BCUT2D eigenvalue weighted by molar-refractivity contribution is 6.06. The van der Waals surface area contributed by atoms with Gasteiger partial charge in [0.1, 0.15) is 0 Å². The summed E-state index contributed by atoms with van der Waals surface area (Å²) in [5.41, 5.74) is 3.69. The minimum Gasteiger partial charge on any atom is -0.380 e. The second-order valence-electron chi connectivity index (χ2n) is 3.71. The number of fused-ring (bicyclic) bond motifs is 2. The lowest BCUT2D eigenvalue weighted by atomic mass is 9.87. The van der Waals surface area contributed by atoms with Crippen LogP contribution in [0, 0.1) is 5.92 Å². The SMILES string of the molecule is C1=CC2=C(NC1)C1=NC=CCC1C=C2. The van der Waals surface area contributed by atoms with Gasteiger partial charge in [0.25, 0.3) is 0 Å². The number of hydrogen-bond acceptors (Lipinski definition) is 2. The molecule has 0 aromatic carbocycles. The maximum atomic E-state index is 4.47. The summed E-state index contributed by atoms with van der Waals surface area (Å²) in [5, 5.41) is 3.40. The van der Waals surface area contributed by atoms with Gasteiger partial charge in [-0.05, 0) is 12.0 Å². The Labute approximate surface area is 83.4 Å². The summed E-state index contributed by atoms with van der Waals surface area (Å²) in [4.78, 5) is 4.47. The third kappa shape index (κ3) is 1.07. The molecule has 0 aromatic heterocycles. The summed E-state index contributed by atoms with van der Waals surface area (Å²) >= 11 is 0. The normalized spacial score (nSPS) is 28.0. The quantitative estimate of drug-likeness (QED) is 0.611. The van der Waals surface area contributed by atoms with Crippen LogP contribution >= 0.6 is 0 Å². The summed E-state index contributed by atoms with van der Waals surface area (Å²) in [7, 11) is 0. The second-order valence-corrected chi connectivity index (χ2v) is 3.71. The highest BCUT2D eigenvalue weighted by Gasteiger charge is 2.24. The largest absolute Gasteiger partial charge is 0.380 e. The van der Waals surface area contributed by atoms with E-state index in [4.69, 9.17) is 0 Å². The fourth-order valence-electron chi connectivity index (χ4n) is 2.10. The Morgan fingerprint density at radius 2 is 2.29 bits per heavy atom. The third-order valence-electron chi connectivity index (χ3n) is 2.81. The molecule has 70 valence electrons. The van der Waals surface area contributed by atoms with Gasteiger partial charge in [0.05, 0.1) is 11.4 Å². The summed E-state index contributed by atoms with van der Waals surface area (Å²) in [6, 6.07) is 0. The van der Waals surface area contributed by atoms with Gasteiger partial charge in [-0.2, -0.15) is 0 Å². The highest BCUT2D eigenvalue weighted by atomic mass is 14.9. The first kappa shape index (κ1) is 7.80. The van der Waals surface area contributed by atoms with Crippen LogP contribution in [0.2, 0.25) is 0 Å². The van der Waals surface area contributed by atoms with Crippen LogP contribution in [0.15, 0.2) is 52.8 Å². The van der Waals surface area contributed by atoms with Crippen LogP contribution in [-0.4, -0.2) is 12.3 Å². The van der Waals surface area contributed by atoms with Crippen molar-refractivity contribution < 1.29 is 0 Å². The fraction of sp³-hybridized carbons (Fsp3) is 0.250. The summed E-state index contributed by atoms with van der Waals surface area (Å²) in [6.45, 7) is 0.919. The van der Waals surface area contributed by atoms with Gasteiger partial charge in [-0.15, -0.1) is 0 Å². The standard InChI is InChI=1S/C12H12N2/c1-3-9-5-6-10-4-2-8-14-12(10)11(9)13-7-1/h1-3,5-6,8,10,13H,4,7H2. The van der Waals surface area contributed by atoms with Crippen LogP contribution in [0.5, 0.6) is 0 Å². The Balaban J connectivity index is 2.10. The van der Waals surface area contributed by atoms with Gasteiger partial charge in [0.2, 0.25) is 0 Å². The van der Waals surface area contributed by atoms with Crippen molar-refractivity contribution >= 4 is 5.71 Å². The number of hydrogen-bond donors (Lipinski definition) is 1. The first-order valence-electron chi connectivity index (χ1n) is 5.01. The predicted octanol–water partition coefficient (Wildman–Crippen LogP) is 1.94. The summed E-state index contributed by atoms with van der Waals surface area (Å²) in [5.74, 6) is 0.484. The Morgan fingerprint density at radius 3 is 3.29 bits per heavy atom. The minimum absolute atomic E-state index is 0.484. The molecule has 0 fully saturated rings. The lowest BCUT2D eigenvalue weighted by molar-refractivity contribution is 0.813. The summed E-state index contributed by atoms with van der Waals surface area (Å²) < 4.78 is 0. The Hall–Kier alpha value is -1.57. The smallest absolute Gasteiger partial charge is 0.0712 e. The Kier molecular flexibility index (Phi) is 1.66.